The summed E-state index contributed by atoms with van der Waals surface area (Å²) in [5, 5.41) is 5.63. The highest BCUT2D eigenvalue weighted by atomic mass is 16.2. The first-order chi connectivity index (χ1) is 14.1. The van der Waals surface area contributed by atoms with Crippen molar-refractivity contribution in [2.75, 3.05) is 19.6 Å². The Morgan fingerprint density at radius 3 is 2.34 bits per heavy atom. The standard InChI is InChI=1S/C22H30N4O3/c27-19(16-26-20(28)22(24-21(26)29)10-2-3-11-22)23-14-17-6-8-18(9-7-17)15-25-12-4-1-5-13-25/h6-9H,1-5,10-16H2,(H,23,27)(H,24,29)/p+1. The van der Waals surface area contributed by atoms with Gasteiger partial charge in [-0.3, -0.25) is 14.5 Å². The molecule has 2 heterocycles. The Hall–Kier alpha value is -2.41. The summed E-state index contributed by atoms with van der Waals surface area (Å²) < 4.78 is 0. The number of rotatable bonds is 6. The predicted molar refractivity (Wildman–Crippen MR) is 108 cm³/mol. The van der Waals surface area contributed by atoms with E-state index in [2.05, 4.69) is 22.8 Å². The molecule has 7 nitrogen and oxygen atoms in total. The first-order valence-electron chi connectivity index (χ1n) is 10.9. The zero-order valence-corrected chi connectivity index (χ0v) is 17.0. The highest BCUT2D eigenvalue weighted by molar-refractivity contribution is 6.09. The number of piperidine rings is 1. The Kier molecular flexibility index (Phi) is 5.85. The van der Waals surface area contributed by atoms with Crippen molar-refractivity contribution in [3.05, 3.63) is 35.4 Å². The number of imide groups is 1. The van der Waals surface area contributed by atoms with Crippen LogP contribution in [0.2, 0.25) is 0 Å². The van der Waals surface area contributed by atoms with Crippen LogP contribution in [0.25, 0.3) is 0 Å². The summed E-state index contributed by atoms with van der Waals surface area (Å²) in [7, 11) is 0. The molecule has 2 aliphatic heterocycles. The van der Waals surface area contributed by atoms with E-state index >= 15 is 0 Å². The Labute approximate surface area is 171 Å². The number of urea groups is 1. The Balaban J connectivity index is 1.25. The fraction of sp³-hybridized carbons (Fsp3) is 0.591. The van der Waals surface area contributed by atoms with Gasteiger partial charge in [-0.2, -0.15) is 0 Å². The molecule has 0 atom stereocenters. The summed E-state index contributed by atoms with van der Waals surface area (Å²) >= 11 is 0. The van der Waals surface area contributed by atoms with Crippen molar-refractivity contribution in [3.63, 3.8) is 0 Å². The largest absolute Gasteiger partial charge is 0.350 e. The summed E-state index contributed by atoms with van der Waals surface area (Å²) in [5.41, 5.74) is 1.57. The molecule has 0 bridgehead atoms. The van der Waals surface area contributed by atoms with Crippen molar-refractivity contribution in [1.29, 1.82) is 0 Å². The van der Waals surface area contributed by atoms with Crippen molar-refractivity contribution in [3.8, 4) is 0 Å². The molecule has 1 saturated carbocycles. The Morgan fingerprint density at radius 1 is 1.00 bits per heavy atom. The number of benzene rings is 1. The zero-order valence-electron chi connectivity index (χ0n) is 17.0. The fourth-order valence-corrected chi connectivity index (χ4v) is 4.83. The van der Waals surface area contributed by atoms with Crippen LogP contribution < -0.4 is 15.5 Å². The number of nitrogens with zero attached hydrogens (tertiary/aromatic N) is 1. The average molecular weight is 400 g/mol. The number of likely N-dealkylation sites (tertiary alicyclic amines) is 1. The van der Waals surface area contributed by atoms with E-state index in [1.165, 1.54) is 37.9 Å². The van der Waals surface area contributed by atoms with E-state index in [-0.39, 0.29) is 18.4 Å². The third-order valence-corrected chi connectivity index (χ3v) is 6.53. The van der Waals surface area contributed by atoms with E-state index in [0.717, 1.165) is 29.8 Å². The number of quaternary nitrogens is 1. The summed E-state index contributed by atoms with van der Waals surface area (Å²) in [6, 6.07) is 7.89. The molecule has 29 heavy (non-hydrogen) atoms. The second-order valence-corrected chi connectivity index (χ2v) is 8.69. The highest BCUT2D eigenvalue weighted by Crippen LogP contribution is 2.34. The maximum absolute atomic E-state index is 12.6. The van der Waals surface area contributed by atoms with Crippen LogP contribution in [0, 0.1) is 0 Å². The third kappa shape index (κ3) is 4.45. The maximum atomic E-state index is 12.6. The van der Waals surface area contributed by atoms with E-state index in [4.69, 9.17) is 0 Å². The van der Waals surface area contributed by atoms with Gasteiger partial charge in [-0.25, -0.2) is 4.79 Å². The summed E-state index contributed by atoms with van der Waals surface area (Å²) in [6.45, 7) is 3.73. The number of nitrogens with one attached hydrogen (secondary N) is 3. The van der Waals surface area contributed by atoms with Gasteiger partial charge in [0.15, 0.2) is 0 Å². The molecule has 3 fully saturated rings. The van der Waals surface area contributed by atoms with Crippen LogP contribution in [0.4, 0.5) is 4.79 Å². The molecule has 1 aromatic rings. The van der Waals surface area contributed by atoms with Crippen LogP contribution in [-0.2, 0) is 22.7 Å². The lowest BCUT2D eigenvalue weighted by Crippen LogP contribution is -3.11. The molecule has 0 unspecified atom stereocenters. The zero-order chi connectivity index (χ0) is 20.3. The molecular formula is C22H31N4O3+. The lowest BCUT2D eigenvalue weighted by Gasteiger charge is -2.23. The number of carbonyl (C=O) groups excluding carboxylic acids is 3. The minimum atomic E-state index is -0.760. The number of hydrogen-bond donors (Lipinski definition) is 3. The van der Waals surface area contributed by atoms with Crippen LogP contribution in [0.3, 0.4) is 0 Å². The first kappa shape index (κ1) is 19.9. The summed E-state index contributed by atoms with van der Waals surface area (Å²) in [5.74, 6) is -0.565. The van der Waals surface area contributed by atoms with Gasteiger partial charge in [0.05, 0.1) is 13.1 Å². The molecule has 4 rings (SSSR count). The summed E-state index contributed by atoms with van der Waals surface area (Å²) in [4.78, 5) is 39.8. The fourth-order valence-electron chi connectivity index (χ4n) is 4.83. The molecule has 2 saturated heterocycles. The molecule has 1 aliphatic carbocycles. The second-order valence-electron chi connectivity index (χ2n) is 8.69. The van der Waals surface area contributed by atoms with Crippen molar-refractivity contribution in [2.45, 2.75) is 63.6 Å². The van der Waals surface area contributed by atoms with Gasteiger partial charge in [-0.1, -0.05) is 37.1 Å². The van der Waals surface area contributed by atoms with Gasteiger partial charge in [0.1, 0.15) is 18.6 Å². The van der Waals surface area contributed by atoms with E-state index in [1.807, 2.05) is 12.1 Å². The minimum absolute atomic E-state index is 0.219. The first-order valence-corrected chi connectivity index (χ1v) is 10.9. The number of carbonyl (C=O) groups is 3. The summed E-state index contributed by atoms with van der Waals surface area (Å²) in [6.07, 6.45) is 7.19. The van der Waals surface area contributed by atoms with Crippen LogP contribution in [0.5, 0.6) is 0 Å². The molecule has 1 aromatic carbocycles. The number of hydrogen-bond acceptors (Lipinski definition) is 3. The van der Waals surface area contributed by atoms with Crippen LogP contribution >= 0.6 is 0 Å². The van der Waals surface area contributed by atoms with Crippen molar-refractivity contribution in [1.82, 2.24) is 15.5 Å². The van der Waals surface area contributed by atoms with Crippen LogP contribution in [0.15, 0.2) is 24.3 Å². The van der Waals surface area contributed by atoms with Gasteiger partial charge >= 0.3 is 6.03 Å². The monoisotopic (exact) mass is 399 g/mol. The van der Waals surface area contributed by atoms with E-state index in [1.54, 1.807) is 4.90 Å². The van der Waals surface area contributed by atoms with E-state index < -0.39 is 11.6 Å². The highest BCUT2D eigenvalue weighted by Gasteiger charge is 2.52. The molecule has 1 spiro atoms. The topological polar surface area (TPSA) is 83.0 Å². The maximum Gasteiger partial charge on any atom is 0.325 e. The van der Waals surface area contributed by atoms with Gasteiger partial charge in [0, 0.05) is 12.1 Å². The quantitative estimate of drug-likeness (QED) is 0.617. The van der Waals surface area contributed by atoms with Gasteiger partial charge in [0.2, 0.25) is 5.91 Å². The van der Waals surface area contributed by atoms with E-state index in [9.17, 15) is 14.4 Å². The molecule has 4 amide bonds. The Bertz CT molecular complexity index is 765. The second kappa shape index (κ2) is 8.53. The number of amides is 4. The average Bonchev–Trinajstić information content (AvgIpc) is 3.29. The predicted octanol–water partition coefficient (Wildman–Crippen LogP) is 0.736. The minimum Gasteiger partial charge on any atom is -0.350 e. The molecule has 3 aliphatic rings. The van der Waals surface area contributed by atoms with Gasteiger partial charge in [-0.15, -0.1) is 0 Å². The SMILES string of the molecule is O=C(CN1C(=O)NC2(CCCC2)C1=O)NCc1ccc(C[NH+]2CCCCC2)cc1. The van der Waals surface area contributed by atoms with Crippen LogP contribution in [0.1, 0.15) is 56.1 Å². The molecule has 0 aromatic heterocycles. The smallest absolute Gasteiger partial charge is 0.325 e. The van der Waals surface area contributed by atoms with Gasteiger partial charge in [0.25, 0.3) is 5.91 Å². The molecule has 7 heteroatoms. The van der Waals surface area contributed by atoms with Crippen molar-refractivity contribution in [2.24, 2.45) is 0 Å². The lowest BCUT2D eigenvalue weighted by atomic mass is 9.98. The van der Waals surface area contributed by atoms with Crippen LogP contribution in [-0.4, -0.2) is 47.9 Å². The van der Waals surface area contributed by atoms with Crippen molar-refractivity contribution >= 4 is 17.8 Å². The molecular weight excluding hydrogens is 368 g/mol. The van der Waals surface area contributed by atoms with E-state index in [0.29, 0.717) is 19.4 Å². The molecule has 0 radical (unpaired) electrons. The normalized spacial score (nSPS) is 21.6. The van der Waals surface area contributed by atoms with Gasteiger partial charge < -0.3 is 15.5 Å². The lowest BCUT2D eigenvalue weighted by molar-refractivity contribution is -0.918. The Morgan fingerprint density at radius 2 is 1.66 bits per heavy atom. The van der Waals surface area contributed by atoms with Gasteiger partial charge in [-0.05, 0) is 37.7 Å². The molecule has 156 valence electrons. The third-order valence-electron chi connectivity index (χ3n) is 6.53. The molecule has 3 N–H and O–H groups in total. The van der Waals surface area contributed by atoms with Crippen molar-refractivity contribution < 1.29 is 19.3 Å².